The number of anilines is 1. The summed E-state index contributed by atoms with van der Waals surface area (Å²) in [6.45, 7) is 10.3. The molecule has 0 saturated carbocycles. The number of carbonyl (C=O) groups excluding carboxylic acids is 1. The van der Waals surface area contributed by atoms with Gasteiger partial charge in [0.05, 0.1) is 30.4 Å². The number of rotatable bonds is 7. The van der Waals surface area contributed by atoms with Crippen LogP contribution in [0.3, 0.4) is 0 Å². The maximum atomic E-state index is 14.1. The van der Waals surface area contributed by atoms with Gasteiger partial charge in [-0.15, -0.1) is 0 Å². The van der Waals surface area contributed by atoms with Crippen LogP contribution in [0.5, 0.6) is 5.75 Å². The van der Waals surface area contributed by atoms with Crippen LogP contribution in [-0.4, -0.2) is 93.0 Å². The molecule has 0 radical (unpaired) electrons. The largest absolute Gasteiger partial charge is 0.490 e. The summed E-state index contributed by atoms with van der Waals surface area (Å²) in [5.41, 5.74) is 0.645. The number of nitrogens with one attached hydrogen (secondary N) is 1. The summed E-state index contributed by atoms with van der Waals surface area (Å²) in [7, 11) is -0.0559. The van der Waals surface area contributed by atoms with E-state index in [4.69, 9.17) is 14.0 Å². The molecule has 1 aromatic heterocycles. The Morgan fingerprint density at radius 3 is 2.58 bits per heavy atom. The molecule has 2 aromatic rings. The van der Waals surface area contributed by atoms with Crippen LogP contribution in [0.15, 0.2) is 27.6 Å². The Kier molecular flexibility index (Phi) is 11.0. The van der Waals surface area contributed by atoms with E-state index in [1.807, 2.05) is 27.9 Å². The van der Waals surface area contributed by atoms with Gasteiger partial charge in [-0.1, -0.05) is 12.1 Å². The summed E-state index contributed by atoms with van der Waals surface area (Å²) in [5, 5.41) is 13.8. The highest BCUT2D eigenvalue weighted by Gasteiger charge is 2.31. The normalized spacial score (nSPS) is 22.4. The minimum absolute atomic E-state index is 0.0344. The number of sulfonamides is 1. The first-order chi connectivity index (χ1) is 18.8. The lowest BCUT2D eigenvalue weighted by molar-refractivity contribution is -0.0137. The maximum absolute atomic E-state index is 14.1. The van der Waals surface area contributed by atoms with Crippen LogP contribution in [0.4, 0.5) is 5.69 Å². The van der Waals surface area contributed by atoms with E-state index in [2.05, 4.69) is 14.8 Å². The fraction of sp³-hybridized carbons (Fsp3) is 0.643. The number of likely N-dealkylation sites (N-methyl/N-ethyl adjacent to an activating group) is 1. The number of aliphatic hydroxyl groups is 1. The van der Waals surface area contributed by atoms with Crippen LogP contribution in [0.2, 0.25) is 0 Å². The summed E-state index contributed by atoms with van der Waals surface area (Å²) in [5.74, 6) is 0.129. The molecule has 0 fully saturated rings. The highest BCUT2D eigenvalue weighted by molar-refractivity contribution is 7.92. The predicted molar refractivity (Wildman–Crippen MR) is 152 cm³/mol. The second-order valence-electron chi connectivity index (χ2n) is 11.0. The van der Waals surface area contributed by atoms with Crippen molar-refractivity contribution in [2.75, 3.05) is 45.1 Å². The van der Waals surface area contributed by atoms with E-state index in [1.165, 1.54) is 13.0 Å². The first kappa shape index (κ1) is 31.9. The summed E-state index contributed by atoms with van der Waals surface area (Å²) in [6.07, 6.45) is 2.26. The van der Waals surface area contributed by atoms with Crippen LogP contribution in [-0.2, 0) is 14.8 Å². The molecule has 3 rings (SSSR count). The van der Waals surface area contributed by atoms with E-state index >= 15 is 0 Å². The zero-order valence-corrected chi connectivity index (χ0v) is 25.5. The zero-order chi connectivity index (χ0) is 29.6. The Bertz CT molecular complexity index is 1230. The van der Waals surface area contributed by atoms with Gasteiger partial charge in [0, 0.05) is 31.3 Å². The molecular weight excluding hydrogens is 536 g/mol. The van der Waals surface area contributed by atoms with Gasteiger partial charge in [0.1, 0.15) is 11.4 Å². The third-order valence-corrected chi connectivity index (χ3v) is 8.71. The van der Waals surface area contributed by atoms with Crippen LogP contribution in [0.25, 0.3) is 0 Å². The van der Waals surface area contributed by atoms with Gasteiger partial charge < -0.3 is 28.9 Å². The quantitative estimate of drug-likeness (QED) is 0.505. The molecule has 12 heteroatoms. The number of aromatic nitrogens is 1. The second kappa shape index (κ2) is 13.8. The van der Waals surface area contributed by atoms with E-state index < -0.39 is 16.1 Å². The minimum atomic E-state index is -4.03. The lowest BCUT2D eigenvalue weighted by Crippen LogP contribution is -2.47. The van der Waals surface area contributed by atoms with Crippen LogP contribution >= 0.6 is 0 Å². The van der Waals surface area contributed by atoms with Gasteiger partial charge in [-0.3, -0.25) is 9.52 Å². The highest BCUT2D eigenvalue weighted by atomic mass is 32.2. The third kappa shape index (κ3) is 7.96. The van der Waals surface area contributed by atoms with Crippen molar-refractivity contribution in [3.63, 3.8) is 0 Å². The van der Waals surface area contributed by atoms with Crippen molar-refractivity contribution in [2.45, 2.75) is 77.0 Å². The Balaban J connectivity index is 2.04. The number of hydrogen-bond donors (Lipinski definition) is 2. The van der Waals surface area contributed by atoms with Crippen molar-refractivity contribution in [3.05, 3.63) is 35.2 Å². The topological polar surface area (TPSA) is 134 Å². The van der Waals surface area contributed by atoms with Gasteiger partial charge in [0.15, 0.2) is 10.7 Å². The van der Waals surface area contributed by atoms with E-state index in [-0.39, 0.29) is 58.2 Å². The molecule has 2 N–H and O–H groups in total. The number of aryl methyl sites for hydroxylation is 2. The highest BCUT2D eigenvalue weighted by Crippen LogP contribution is 2.30. The maximum Gasteiger partial charge on any atom is 0.267 e. The second-order valence-corrected chi connectivity index (χ2v) is 12.7. The SMILES string of the molecule is Cc1noc(C)c1S(=O)(=O)Nc1ccc2c(c1)C(=O)N([C@@H](C)CO)C[C@H](C)[C@@H](CN(C)C)OCCCC[C@@H](C)O2. The summed E-state index contributed by atoms with van der Waals surface area (Å²) in [4.78, 5) is 17.8. The fourth-order valence-electron chi connectivity index (χ4n) is 4.87. The molecule has 0 saturated heterocycles. The molecule has 1 aromatic carbocycles. The lowest BCUT2D eigenvalue weighted by Gasteiger charge is -2.35. The van der Waals surface area contributed by atoms with Gasteiger partial charge in [-0.05, 0) is 79.3 Å². The van der Waals surface area contributed by atoms with Crippen LogP contribution < -0.4 is 9.46 Å². The van der Waals surface area contributed by atoms with Crippen LogP contribution in [0.1, 0.15) is 61.8 Å². The number of aliphatic hydroxyl groups excluding tert-OH is 1. The van der Waals surface area contributed by atoms with Crippen LogP contribution in [0, 0.1) is 19.8 Å². The first-order valence-corrected chi connectivity index (χ1v) is 15.3. The summed E-state index contributed by atoms with van der Waals surface area (Å²) >= 11 is 0. The number of nitrogens with zero attached hydrogens (tertiary/aromatic N) is 3. The Morgan fingerprint density at radius 2 is 1.95 bits per heavy atom. The summed E-state index contributed by atoms with van der Waals surface area (Å²) < 4.78 is 46.4. The Hall–Kier alpha value is -2.67. The fourth-order valence-corrected chi connectivity index (χ4v) is 6.25. The number of hydrogen-bond acceptors (Lipinski definition) is 9. The van der Waals surface area contributed by atoms with Crippen molar-refractivity contribution >= 4 is 21.6 Å². The molecule has 2 heterocycles. The molecule has 1 amide bonds. The molecule has 0 aliphatic carbocycles. The number of fused-ring (bicyclic) bond motifs is 1. The number of ether oxygens (including phenoxy) is 2. The summed E-state index contributed by atoms with van der Waals surface area (Å²) in [6, 6.07) is 4.18. The molecule has 0 bridgehead atoms. The van der Waals surface area contributed by atoms with Gasteiger partial charge in [0.2, 0.25) is 0 Å². The Labute approximate surface area is 237 Å². The van der Waals surface area contributed by atoms with Crippen molar-refractivity contribution in [3.8, 4) is 5.75 Å². The molecule has 1 aliphatic rings. The standard InChI is InChI=1S/C28H44N4O7S/c1-18-15-32(19(2)17-33)28(34)24-14-23(30-40(35,36)27-21(4)29-39-22(27)5)11-12-25(24)38-20(3)10-8-9-13-37-26(18)16-31(6)7/h11-12,14,18-20,26,30,33H,8-10,13,15-17H2,1-7H3/t18-,19-,20+,26+/m0/s1. The molecule has 0 spiro atoms. The van der Waals surface area contributed by atoms with E-state index in [9.17, 15) is 18.3 Å². The van der Waals surface area contributed by atoms with Gasteiger partial charge in [0.25, 0.3) is 15.9 Å². The van der Waals surface area contributed by atoms with Crippen molar-refractivity contribution in [2.24, 2.45) is 5.92 Å². The first-order valence-electron chi connectivity index (χ1n) is 13.8. The third-order valence-electron chi connectivity index (χ3n) is 7.09. The Morgan fingerprint density at radius 1 is 1.23 bits per heavy atom. The van der Waals surface area contributed by atoms with Crippen molar-refractivity contribution in [1.29, 1.82) is 0 Å². The van der Waals surface area contributed by atoms with Crippen molar-refractivity contribution < 1.29 is 32.3 Å². The zero-order valence-electron chi connectivity index (χ0n) is 24.6. The molecule has 4 atom stereocenters. The molecule has 11 nitrogen and oxygen atoms in total. The van der Waals surface area contributed by atoms with E-state index in [0.717, 1.165) is 19.3 Å². The molecular formula is C28H44N4O7S. The monoisotopic (exact) mass is 580 g/mol. The molecule has 1 aliphatic heterocycles. The smallest absolute Gasteiger partial charge is 0.267 e. The molecule has 0 unspecified atom stereocenters. The van der Waals surface area contributed by atoms with E-state index in [0.29, 0.717) is 25.4 Å². The molecule has 224 valence electrons. The predicted octanol–water partition coefficient (Wildman–Crippen LogP) is 3.45. The average molecular weight is 581 g/mol. The van der Waals surface area contributed by atoms with Crippen molar-refractivity contribution in [1.82, 2.24) is 15.0 Å². The number of carbonyl (C=O) groups is 1. The van der Waals surface area contributed by atoms with E-state index in [1.54, 1.807) is 30.9 Å². The lowest BCUT2D eigenvalue weighted by atomic mass is 10.0. The number of amides is 1. The minimum Gasteiger partial charge on any atom is -0.490 e. The van der Waals surface area contributed by atoms with Gasteiger partial charge in [-0.2, -0.15) is 0 Å². The molecule has 40 heavy (non-hydrogen) atoms. The van der Waals surface area contributed by atoms with Gasteiger partial charge in [-0.25, -0.2) is 8.42 Å². The van der Waals surface area contributed by atoms with Gasteiger partial charge >= 0.3 is 0 Å². The average Bonchev–Trinajstić information content (AvgIpc) is 3.23. The number of benzene rings is 1.